The van der Waals surface area contributed by atoms with Gasteiger partial charge >= 0.3 is 12.1 Å². The van der Waals surface area contributed by atoms with Crippen LogP contribution in [0.1, 0.15) is 28.8 Å². The van der Waals surface area contributed by atoms with Gasteiger partial charge in [0.15, 0.2) is 0 Å². The molecule has 0 aliphatic carbocycles. The van der Waals surface area contributed by atoms with E-state index in [4.69, 9.17) is 0 Å². The first-order chi connectivity index (χ1) is 10.8. The molecule has 1 aliphatic rings. The largest absolute Gasteiger partial charge is 0.431 e. The first-order valence-corrected chi connectivity index (χ1v) is 6.68. The van der Waals surface area contributed by atoms with Crippen LogP contribution in [0.3, 0.4) is 0 Å². The highest BCUT2D eigenvalue weighted by Gasteiger charge is 2.30. The lowest BCUT2D eigenvalue weighted by Gasteiger charge is -2.09. The summed E-state index contributed by atoms with van der Waals surface area (Å²) in [5, 5.41) is 0. The highest BCUT2D eigenvalue weighted by atomic mass is 19.4. The van der Waals surface area contributed by atoms with Crippen molar-refractivity contribution in [2.45, 2.75) is 19.0 Å². The number of rotatable bonds is 3. The fourth-order valence-corrected chi connectivity index (χ4v) is 1.99. The quantitative estimate of drug-likeness (QED) is 0.486. The Bertz CT molecular complexity index is 650. The van der Waals surface area contributed by atoms with E-state index < -0.39 is 23.6 Å². The Hall–Kier alpha value is -2.64. The molecule has 0 unspecified atom stereocenters. The minimum atomic E-state index is -4.49. The summed E-state index contributed by atoms with van der Waals surface area (Å²) in [6.45, 7) is 0.314. The zero-order chi connectivity index (χ0) is 17.0. The summed E-state index contributed by atoms with van der Waals surface area (Å²) < 4.78 is 41.8. The topological polar surface area (TPSA) is 63.7 Å². The van der Waals surface area contributed by atoms with Crippen molar-refractivity contribution in [3.05, 3.63) is 47.7 Å². The zero-order valence-electron chi connectivity index (χ0n) is 11.8. The Morgan fingerprint density at radius 3 is 2.35 bits per heavy atom. The van der Waals surface area contributed by atoms with Gasteiger partial charge in [0.05, 0.1) is 11.1 Å². The molecule has 0 spiro atoms. The van der Waals surface area contributed by atoms with Gasteiger partial charge in [-0.25, -0.2) is 4.79 Å². The Balaban J connectivity index is 1.93. The number of nitrogens with zero attached hydrogens (tertiary/aromatic N) is 1. The number of esters is 1. The summed E-state index contributed by atoms with van der Waals surface area (Å²) in [7, 11) is 0. The lowest BCUT2D eigenvalue weighted by molar-refractivity contribution is -0.139. The third-order valence-electron chi connectivity index (χ3n) is 3.17. The van der Waals surface area contributed by atoms with Crippen LogP contribution in [0.4, 0.5) is 13.2 Å². The summed E-state index contributed by atoms with van der Waals surface area (Å²) in [6.07, 6.45) is -1.87. The molecule has 0 bridgehead atoms. The van der Waals surface area contributed by atoms with Crippen LogP contribution in [0.5, 0.6) is 0 Å². The maximum absolute atomic E-state index is 12.4. The highest BCUT2D eigenvalue weighted by Crippen LogP contribution is 2.29. The number of carbonyl (C=O) groups excluding carboxylic acids is 3. The smallest absolute Gasteiger partial charge is 0.416 e. The molecule has 1 heterocycles. The molecule has 0 atom stereocenters. The molecule has 1 aromatic rings. The van der Waals surface area contributed by atoms with Crippen molar-refractivity contribution in [3.63, 3.8) is 0 Å². The van der Waals surface area contributed by atoms with Gasteiger partial charge in [-0.3, -0.25) is 14.5 Å². The second-order valence-corrected chi connectivity index (χ2v) is 4.77. The van der Waals surface area contributed by atoms with Crippen molar-refractivity contribution in [1.82, 2.24) is 4.90 Å². The fraction of sp³-hybridized carbons (Fsp3) is 0.267. The number of ether oxygens (including phenoxy) is 1. The number of hydrogen-bond donors (Lipinski definition) is 0. The molecule has 2 amide bonds. The number of likely N-dealkylation sites (tertiary alicyclic amines) is 1. The minimum Gasteiger partial charge on any atom is -0.431 e. The molecule has 1 saturated heterocycles. The lowest BCUT2D eigenvalue weighted by Crippen LogP contribution is -2.30. The maximum Gasteiger partial charge on any atom is 0.416 e. The van der Waals surface area contributed by atoms with Gasteiger partial charge in [0.1, 0.15) is 6.26 Å². The number of benzene rings is 1. The second kappa shape index (κ2) is 6.64. The molecule has 5 nitrogen and oxygen atoms in total. The van der Waals surface area contributed by atoms with E-state index in [9.17, 15) is 27.6 Å². The van der Waals surface area contributed by atoms with Crippen LogP contribution in [-0.4, -0.2) is 29.2 Å². The van der Waals surface area contributed by atoms with Gasteiger partial charge in [0.2, 0.25) is 5.91 Å². The number of carbonyl (C=O) groups is 3. The number of alkyl halides is 3. The Morgan fingerprint density at radius 2 is 1.83 bits per heavy atom. The van der Waals surface area contributed by atoms with E-state index in [1.165, 1.54) is 0 Å². The van der Waals surface area contributed by atoms with Crippen molar-refractivity contribution in [2.75, 3.05) is 6.54 Å². The van der Waals surface area contributed by atoms with Crippen LogP contribution in [0.15, 0.2) is 36.6 Å². The van der Waals surface area contributed by atoms with Gasteiger partial charge in [0, 0.05) is 19.0 Å². The number of imide groups is 1. The first kappa shape index (κ1) is 16.7. The average Bonchev–Trinajstić information content (AvgIpc) is 2.92. The van der Waals surface area contributed by atoms with Crippen LogP contribution in [0.2, 0.25) is 0 Å². The van der Waals surface area contributed by atoms with E-state index in [1.54, 1.807) is 0 Å². The molecule has 1 aromatic carbocycles. The van der Waals surface area contributed by atoms with Crippen LogP contribution in [-0.2, 0) is 20.5 Å². The lowest BCUT2D eigenvalue weighted by atomic mass is 10.1. The van der Waals surface area contributed by atoms with E-state index in [-0.39, 0.29) is 11.5 Å². The molecule has 2 rings (SSSR count). The summed E-state index contributed by atoms with van der Waals surface area (Å²) in [6, 6.07) is 3.47. The van der Waals surface area contributed by atoms with Crippen LogP contribution >= 0.6 is 0 Å². The molecule has 23 heavy (non-hydrogen) atoms. The van der Waals surface area contributed by atoms with Crippen molar-refractivity contribution >= 4 is 17.8 Å². The van der Waals surface area contributed by atoms with E-state index >= 15 is 0 Å². The van der Waals surface area contributed by atoms with Crippen LogP contribution in [0, 0.1) is 0 Å². The van der Waals surface area contributed by atoms with Gasteiger partial charge < -0.3 is 4.74 Å². The Morgan fingerprint density at radius 1 is 1.17 bits per heavy atom. The van der Waals surface area contributed by atoms with E-state index in [2.05, 4.69) is 4.74 Å². The molecule has 1 aliphatic heterocycles. The number of hydrogen-bond acceptors (Lipinski definition) is 4. The van der Waals surface area contributed by atoms with Crippen molar-refractivity contribution < 1.29 is 32.3 Å². The third kappa shape index (κ3) is 4.18. The Labute approximate surface area is 129 Å². The molecular formula is C15H12F3NO4. The monoisotopic (exact) mass is 327 g/mol. The van der Waals surface area contributed by atoms with Crippen molar-refractivity contribution in [3.8, 4) is 0 Å². The van der Waals surface area contributed by atoms with Gasteiger partial charge in [-0.05, 0) is 30.7 Å². The Kier molecular flexibility index (Phi) is 4.83. The van der Waals surface area contributed by atoms with Gasteiger partial charge in [-0.15, -0.1) is 0 Å². The predicted octanol–water partition coefficient (Wildman–Crippen LogP) is 2.52. The average molecular weight is 327 g/mol. The zero-order valence-corrected chi connectivity index (χ0v) is 11.8. The van der Waals surface area contributed by atoms with E-state index in [0.29, 0.717) is 19.4 Å². The van der Waals surface area contributed by atoms with E-state index in [1.807, 2.05) is 0 Å². The van der Waals surface area contributed by atoms with Crippen LogP contribution in [0.25, 0.3) is 0 Å². The van der Waals surface area contributed by atoms with Crippen LogP contribution < -0.4 is 0 Å². The standard InChI is InChI=1S/C15H12F3NO4/c16-15(17,18)11-5-3-10(4-6-11)14(22)23-9-7-13(21)19-8-1-2-12(19)20/h3-7,9H,1-2,8H2/b9-7+. The highest BCUT2D eigenvalue weighted by molar-refractivity contribution is 6.02. The molecule has 0 N–H and O–H groups in total. The molecule has 1 fully saturated rings. The van der Waals surface area contributed by atoms with Gasteiger partial charge in [-0.2, -0.15) is 13.2 Å². The summed E-state index contributed by atoms with van der Waals surface area (Å²) in [4.78, 5) is 35.6. The third-order valence-corrected chi connectivity index (χ3v) is 3.17. The SMILES string of the molecule is O=C(O/C=C/C(=O)N1CCCC1=O)c1ccc(C(F)(F)F)cc1. The van der Waals surface area contributed by atoms with Crippen molar-refractivity contribution in [2.24, 2.45) is 0 Å². The van der Waals surface area contributed by atoms with E-state index in [0.717, 1.165) is 41.5 Å². The van der Waals surface area contributed by atoms with Gasteiger partial charge in [-0.1, -0.05) is 0 Å². The molecule has 0 aromatic heterocycles. The molecule has 8 heteroatoms. The molecule has 0 saturated carbocycles. The predicted molar refractivity (Wildman–Crippen MR) is 72.0 cm³/mol. The summed E-state index contributed by atoms with van der Waals surface area (Å²) in [5.41, 5.74) is -0.973. The minimum absolute atomic E-state index is 0.0904. The number of amides is 2. The molecule has 122 valence electrons. The fourth-order valence-electron chi connectivity index (χ4n) is 1.99. The molecule has 0 radical (unpaired) electrons. The molecular weight excluding hydrogens is 315 g/mol. The summed E-state index contributed by atoms with van der Waals surface area (Å²) in [5.74, 6) is -1.81. The van der Waals surface area contributed by atoms with Gasteiger partial charge in [0.25, 0.3) is 5.91 Å². The van der Waals surface area contributed by atoms with Crippen molar-refractivity contribution in [1.29, 1.82) is 0 Å². The number of halogens is 3. The maximum atomic E-state index is 12.4. The first-order valence-electron chi connectivity index (χ1n) is 6.68. The normalized spacial score (nSPS) is 15.3. The summed E-state index contributed by atoms with van der Waals surface area (Å²) >= 11 is 0. The second-order valence-electron chi connectivity index (χ2n) is 4.77.